The van der Waals surface area contributed by atoms with Crippen molar-refractivity contribution in [1.29, 1.82) is 0 Å². The Morgan fingerprint density at radius 1 is 1.30 bits per heavy atom. The van der Waals surface area contributed by atoms with Crippen molar-refractivity contribution in [1.82, 2.24) is 4.90 Å². The third-order valence-electron chi connectivity index (χ3n) is 3.25. The Labute approximate surface area is 128 Å². The molecule has 1 aromatic rings. The standard InChI is InChI=1S/C13H18FN.Cl2O2S/c1-2-15-8-7-12(10-15)9-11-3-5-13(14)6-4-11;1-5(2,3)4/h3-6,12H,2,7-10H2,1H3;/t12-;/m1./s1. The molecule has 3 nitrogen and oxygen atoms in total. The SMILES string of the molecule is CCN1CC[C@H](Cc2ccc(F)cc2)C1.O=S(=O)(Cl)Cl. The third-order valence-corrected chi connectivity index (χ3v) is 3.25. The topological polar surface area (TPSA) is 37.4 Å². The van der Waals surface area contributed by atoms with E-state index < -0.39 is 8.26 Å². The summed E-state index contributed by atoms with van der Waals surface area (Å²) in [5.41, 5.74) is 1.26. The summed E-state index contributed by atoms with van der Waals surface area (Å²) in [5, 5.41) is 0. The van der Waals surface area contributed by atoms with Gasteiger partial charge in [-0.2, -0.15) is 8.42 Å². The first-order chi connectivity index (χ1) is 9.28. The van der Waals surface area contributed by atoms with Crippen LogP contribution in [0.2, 0.25) is 0 Å². The smallest absolute Gasteiger partial charge is 0.303 e. The molecule has 1 aromatic carbocycles. The van der Waals surface area contributed by atoms with E-state index in [9.17, 15) is 4.39 Å². The Kier molecular flexibility index (Phi) is 7.23. The van der Waals surface area contributed by atoms with E-state index in [0.29, 0.717) is 0 Å². The zero-order valence-electron chi connectivity index (χ0n) is 11.2. The molecule has 20 heavy (non-hydrogen) atoms. The highest BCUT2D eigenvalue weighted by Gasteiger charge is 2.20. The van der Waals surface area contributed by atoms with Crippen molar-refractivity contribution < 1.29 is 12.8 Å². The molecule has 1 saturated heterocycles. The second-order valence-electron chi connectivity index (χ2n) is 4.76. The van der Waals surface area contributed by atoms with Gasteiger partial charge in [0.2, 0.25) is 0 Å². The maximum atomic E-state index is 12.7. The van der Waals surface area contributed by atoms with Crippen molar-refractivity contribution in [3.05, 3.63) is 35.6 Å². The van der Waals surface area contributed by atoms with E-state index in [4.69, 9.17) is 8.42 Å². The van der Waals surface area contributed by atoms with Crippen LogP contribution in [0, 0.1) is 11.7 Å². The summed E-state index contributed by atoms with van der Waals surface area (Å²) >= 11 is 0. The van der Waals surface area contributed by atoms with E-state index >= 15 is 0 Å². The van der Waals surface area contributed by atoms with Gasteiger partial charge in [-0.3, -0.25) is 0 Å². The molecular weight excluding hydrogens is 324 g/mol. The van der Waals surface area contributed by atoms with Gasteiger partial charge in [-0.1, -0.05) is 19.1 Å². The molecule has 0 N–H and O–H groups in total. The molecule has 0 amide bonds. The summed E-state index contributed by atoms with van der Waals surface area (Å²) in [6, 6.07) is 6.93. The molecule has 1 atom stereocenters. The molecule has 0 aliphatic carbocycles. The number of rotatable bonds is 3. The van der Waals surface area contributed by atoms with Gasteiger partial charge in [0.05, 0.1) is 0 Å². The number of hydrogen-bond donors (Lipinski definition) is 0. The molecule has 0 aromatic heterocycles. The lowest BCUT2D eigenvalue weighted by Gasteiger charge is -2.12. The van der Waals surface area contributed by atoms with Gasteiger partial charge in [0.1, 0.15) is 5.82 Å². The van der Waals surface area contributed by atoms with Crippen LogP contribution in [0.25, 0.3) is 0 Å². The average molecular weight is 342 g/mol. The summed E-state index contributed by atoms with van der Waals surface area (Å²) in [6.45, 7) is 5.79. The number of benzene rings is 1. The summed E-state index contributed by atoms with van der Waals surface area (Å²) in [7, 11) is 4.81. The van der Waals surface area contributed by atoms with Crippen LogP contribution >= 0.6 is 21.4 Å². The average Bonchev–Trinajstić information content (AvgIpc) is 2.78. The lowest BCUT2D eigenvalue weighted by molar-refractivity contribution is 0.342. The van der Waals surface area contributed by atoms with Crippen molar-refractivity contribution in [2.45, 2.75) is 19.8 Å². The Balaban J connectivity index is 0.000000347. The lowest BCUT2D eigenvalue weighted by atomic mass is 9.99. The van der Waals surface area contributed by atoms with Gasteiger partial charge in [0.25, 0.3) is 0 Å². The highest BCUT2D eigenvalue weighted by Crippen LogP contribution is 2.20. The summed E-state index contributed by atoms with van der Waals surface area (Å²) < 4.78 is 31.0. The highest BCUT2D eigenvalue weighted by molar-refractivity contribution is 8.31. The van der Waals surface area contributed by atoms with Crippen LogP contribution in [0.15, 0.2) is 24.3 Å². The molecule has 7 heteroatoms. The first-order valence-corrected chi connectivity index (χ1v) is 9.52. The minimum Gasteiger partial charge on any atom is -0.303 e. The Hall–Kier alpha value is -0.360. The molecule has 1 aliphatic heterocycles. The van der Waals surface area contributed by atoms with Gasteiger partial charge in [0, 0.05) is 27.9 Å². The fourth-order valence-electron chi connectivity index (χ4n) is 2.32. The zero-order chi connectivity index (χ0) is 15.2. The van der Waals surface area contributed by atoms with Crippen molar-refractivity contribution in [2.75, 3.05) is 19.6 Å². The van der Waals surface area contributed by atoms with Gasteiger partial charge >= 0.3 is 8.26 Å². The Morgan fingerprint density at radius 2 is 1.85 bits per heavy atom. The largest absolute Gasteiger partial charge is 0.317 e. The summed E-state index contributed by atoms with van der Waals surface area (Å²) in [4.78, 5) is 2.48. The summed E-state index contributed by atoms with van der Waals surface area (Å²) in [6.07, 6.45) is 2.38. The number of halogens is 3. The van der Waals surface area contributed by atoms with E-state index in [2.05, 4.69) is 33.2 Å². The minimum atomic E-state index is -3.72. The van der Waals surface area contributed by atoms with E-state index in [0.717, 1.165) is 18.9 Å². The normalized spacial score (nSPS) is 19.5. The van der Waals surface area contributed by atoms with Gasteiger partial charge in [0.15, 0.2) is 0 Å². The maximum absolute atomic E-state index is 12.7. The van der Waals surface area contributed by atoms with E-state index in [-0.39, 0.29) is 5.82 Å². The highest BCUT2D eigenvalue weighted by atomic mass is 36.0. The van der Waals surface area contributed by atoms with Crippen molar-refractivity contribution in [2.24, 2.45) is 5.92 Å². The second kappa shape index (κ2) is 8.17. The van der Waals surface area contributed by atoms with E-state index in [1.165, 1.54) is 25.1 Å². The predicted molar refractivity (Wildman–Crippen MR) is 81.0 cm³/mol. The molecule has 1 fully saturated rings. The molecule has 114 valence electrons. The maximum Gasteiger partial charge on any atom is 0.317 e. The zero-order valence-corrected chi connectivity index (χ0v) is 13.6. The Bertz CT molecular complexity index is 500. The molecule has 1 aliphatic rings. The quantitative estimate of drug-likeness (QED) is 0.790. The number of nitrogens with zero attached hydrogens (tertiary/aromatic N) is 1. The molecule has 0 radical (unpaired) electrons. The predicted octanol–water partition coefficient (Wildman–Crippen LogP) is 3.42. The second-order valence-corrected chi connectivity index (χ2v) is 8.43. The molecule has 0 bridgehead atoms. The van der Waals surface area contributed by atoms with Gasteiger partial charge in [-0.15, -0.1) is 0 Å². The summed E-state index contributed by atoms with van der Waals surface area (Å²) in [5.74, 6) is 0.621. The third kappa shape index (κ3) is 8.04. The van der Waals surface area contributed by atoms with Crippen LogP contribution in [0.5, 0.6) is 0 Å². The van der Waals surface area contributed by atoms with Crippen molar-refractivity contribution in [3.63, 3.8) is 0 Å². The molecule has 2 rings (SSSR count). The Morgan fingerprint density at radius 3 is 2.30 bits per heavy atom. The van der Waals surface area contributed by atoms with Gasteiger partial charge < -0.3 is 4.90 Å². The molecule has 0 unspecified atom stereocenters. The van der Waals surface area contributed by atoms with Gasteiger partial charge in [-0.25, -0.2) is 4.39 Å². The molecule has 0 spiro atoms. The van der Waals surface area contributed by atoms with Crippen LogP contribution < -0.4 is 0 Å². The van der Waals surface area contributed by atoms with Crippen molar-refractivity contribution in [3.8, 4) is 0 Å². The van der Waals surface area contributed by atoms with Crippen LogP contribution in [0.1, 0.15) is 18.9 Å². The monoisotopic (exact) mass is 341 g/mol. The lowest BCUT2D eigenvalue weighted by Crippen LogP contribution is -2.20. The fraction of sp³-hybridized carbons (Fsp3) is 0.538. The van der Waals surface area contributed by atoms with Crippen LogP contribution in [0.3, 0.4) is 0 Å². The van der Waals surface area contributed by atoms with E-state index in [1.807, 2.05) is 12.1 Å². The molecular formula is C13H18Cl2FNO2S. The number of likely N-dealkylation sites (tertiary alicyclic amines) is 1. The number of hydrogen-bond acceptors (Lipinski definition) is 3. The fourth-order valence-corrected chi connectivity index (χ4v) is 2.32. The van der Waals surface area contributed by atoms with Gasteiger partial charge in [-0.05, 0) is 49.5 Å². The first kappa shape index (κ1) is 17.7. The molecule has 0 saturated carbocycles. The van der Waals surface area contributed by atoms with Crippen LogP contribution in [-0.2, 0) is 14.7 Å². The van der Waals surface area contributed by atoms with Crippen LogP contribution in [0.4, 0.5) is 4.39 Å². The first-order valence-electron chi connectivity index (χ1n) is 6.39. The van der Waals surface area contributed by atoms with Crippen molar-refractivity contribution >= 4 is 29.6 Å². The van der Waals surface area contributed by atoms with E-state index in [1.54, 1.807) is 12.1 Å². The van der Waals surface area contributed by atoms with Crippen LogP contribution in [-0.4, -0.2) is 33.0 Å². The molecule has 1 heterocycles. The minimum absolute atomic E-state index is 0.139.